The standard InChI is InChI=1S/C19H34NO.ClH/c1-2-19-14-13-16-20(18-19)15-11-9-7-5-3-4-6-8-10-12-17-21;/h13-14,16,18,21H,2-12,15,17H2,1H3;1H/q+1;/p-1. The largest absolute Gasteiger partial charge is 1.00 e. The molecular formula is C19H34ClNO. The first kappa shape index (κ1) is 21.4. The van der Waals surface area contributed by atoms with Gasteiger partial charge in [-0.1, -0.05) is 51.9 Å². The van der Waals surface area contributed by atoms with E-state index in [2.05, 4.69) is 36.0 Å². The molecule has 1 heterocycles. The Morgan fingerprint density at radius 1 is 0.864 bits per heavy atom. The highest BCUT2D eigenvalue weighted by atomic mass is 35.5. The summed E-state index contributed by atoms with van der Waals surface area (Å²) in [5.74, 6) is 0. The van der Waals surface area contributed by atoms with Gasteiger partial charge in [0.25, 0.3) is 0 Å². The van der Waals surface area contributed by atoms with Crippen LogP contribution >= 0.6 is 0 Å². The van der Waals surface area contributed by atoms with E-state index >= 15 is 0 Å². The number of hydrogen-bond donors (Lipinski definition) is 1. The molecule has 1 aromatic rings. The molecule has 0 aliphatic heterocycles. The van der Waals surface area contributed by atoms with Gasteiger partial charge in [0, 0.05) is 24.7 Å². The van der Waals surface area contributed by atoms with Crippen LogP contribution in [0.5, 0.6) is 0 Å². The Morgan fingerprint density at radius 3 is 1.95 bits per heavy atom. The molecule has 0 aromatic carbocycles. The summed E-state index contributed by atoms with van der Waals surface area (Å²) in [4.78, 5) is 0. The third kappa shape index (κ3) is 11.0. The van der Waals surface area contributed by atoms with Gasteiger partial charge in [0.2, 0.25) is 0 Å². The highest BCUT2D eigenvalue weighted by Crippen LogP contribution is 2.10. The van der Waals surface area contributed by atoms with Crippen LogP contribution in [0, 0.1) is 0 Å². The maximum absolute atomic E-state index is 8.70. The average Bonchev–Trinajstić information content (AvgIpc) is 2.53. The average molecular weight is 328 g/mol. The van der Waals surface area contributed by atoms with Crippen molar-refractivity contribution in [1.29, 1.82) is 0 Å². The number of aliphatic hydroxyl groups is 1. The van der Waals surface area contributed by atoms with Crippen molar-refractivity contribution in [1.82, 2.24) is 0 Å². The number of aliphatic hydroxyl groups excluding tert-OH is 1. The Bertz CT molecular complexity index is 357. The Labute approximate surface area is 143 Å². The fourth-order valence-electron chi connectivity index (χ4n) is 2.74. The molecular weight excluding hydrogens is 294 g/mol. The number of rotatable bonds is 13. The number of hydrogen-bond acceptors (Lipinski definition) is 1. The van der Waals surface area contributed by atoms with Crippen LogP contribution in [-0.4, -0.2) is 11.7 Å². The minimum absolute atomic E-state index is 0. The molecule has 0 bridgehead atoms. The number of aryl methyl sites for hydroxylation is 2. The van der Waals surface area contributed by atoms with Gasteiger partial charge in [-0.15, -0.1) is 0 Å². The summed E-state index contributed by atoms with van der Waals surface area (Å²) >= 11 is 0. The summed E-state index contributed by atoms with van der Waals surface area (Å²) < 4.78 is 2.33. The molecule has 0 saturated heterocycles. The van der Waals surface area contributed by atoms with E-state index in [1.54, 1.807) is 0 Å². The van der Waals surface area contributed by atoms with Crippen molar-refractivity contribution in [3.63, 3.8) is 0 Å². The fraction of sp³-hybridized carbons (Fsp3) is 0.737. The van der Waals surface area contributed by atoms with Crippen LogP contribution in [0.2, 0.25) is 0 Å². The number of aromatic nitrogens is 1. The topological polar surface area (TPSA) is 24.1 Å². The molecule has 0 saturated carbocycles. The summed E-state index contributed by atoms with van der Waals surface area (Å²) in [6, 6.07) is 4.37. The summed E-state index contributed by atoms with van der Waals surface area (Å²) in [5, 5.41) is 8.70. The zero-order valence-corrected chi connectivity index (χ0v) is 15.0. The quantitative estimate of drug-likeness (QED) is 0.430. The Kier molecular flexibility index (Phi) is 14.9. The lowest BCUT2D eigenvalue weighted by Crippen LogP contribution is -3.00. The Hall–Kier alpha value is -0.600. The second-order valence-electron chi connectivity index (χ2n) is 6.06. The smallest absolute Gasteiger partial charge is 0.171 e. The molecule has 0 aliphatic carbocycles. The molecule has 0 unspecified atom stereocenters. The van der Waals surface area contributed by atoms with Gasteiger partial charge in [-0.25, -0.2) is 4.57 Å². The summed E-state index contributed by atoms with van der Waals surface area (Å²) in [7, 11) is 0. The van der Waals surface area contributed by atoms with E-state index in [-0.39, 0.29) is 12.4 Å². The van der Waals surface area contributed by atoms with Crippen molar-refractivity contribution in [2.75, 3.05) is 6.61 Å². The lowest BCUT2D eigenvalue weighted by Gasteiger charge is -2.02. The third-order valence-corrected chi connectivity index (χ3v) is 4.15. The van der Waals surface area contributed by atoms with Crippen LogP contribution in [0.1, 0.15) is 76.7 Å². The maximum atomic E-state index is 8.70. The zero-order chi connectivity index (χ0) is 15.2. The molecule has 0 fully saturated rings. The predicted octanol–water partition coefficient (Wildman–Crippen LogP) is 1.43. The molecule has 0 spiro atoms. The molecule has 3 heteroatoms. The fourth-order valence-corrected chi connectivity index (χ4v) is 2.74. The number of halogens is 1. The molecule has 1 rings (SSSR count). The van der Waals surface area contributed by atoms with Crippen molar-refractivity contribution >= 4 is 0 Å². The number of nitrogens with zero attached hydrogens (tertiary/aromatic N) is 1. The third-order valence-electron chi connectivity index (χ3n) is 4.15. The molecule has 2 nitrogen and oxygen atoms in total. The molecule has 0 aliphatic rings. The van der Waals surface area contributed by atoms with Gasteiger partial charge >= 0.3 is 0 Å². The monoisotopic (exact) mass is 327 g/mol. The van der Waals surface area contributed by atoms with Gasteiger partial charge in [-0.3, -0.25) is 0 Å². The summed E-state index contributed by atoms with van der Waals surface area (Å²) in [5.41, 5.74) is 1.43. The van der Waals surface area contributed by atoms with Crippen LogP contribution in [0.15, 0.2) is 24.5 Å². The number of pyridine rings is 1. The first-order valence-electron chi connectivity index (χ1n) is 8.95. The van der Waals surface area contributed by atoms with E-state index in [4.69, 9.17) is 5.11 Å². The van der Waals surface area contributed by atoms with E-state index in [0.717, 1.165) is 19.4 Å². The summed E-state index contributed by atoms with van der Waals surface area (Å²) in [6.45, 7) is 3.73. The van der Waals surface area contributed by atoms with E-state index < -0.39 is 0 Å². The van der Waals surface area contributed by atoms with Gasteiger partial charge in [0.05, 0.1) is 0 Å². The molecule has 0 amide bonds. The molecule has 22 heavy (non-hydrogen) atoms. The lowest BCUT2D eigenvalue weighted by atomic mass is 10.1. The predicted molar refractivity (Wildman–Crippen MR) is 89.3 cm³/mol. The number of unbranched alkanes of at least 4 members (excludes halogenated alkanes) is 9. The molecule has 1 N–H and O–H groups in total. The van der Waals surface area contributed by atoms with Crippen LogP contribution in [-0.2, 0) is 13.0 Å². The summed E-state index contributed by atoms with van der Waals surface area (Å²) in [6.07, 6.45) is 18.6. The molecule has 128 valence electrons. The van der Waals surface area contributed by atoms with Crippen molar-refractivity contribution in [3.8, 4) is 0 Å². The second-order valence-corrected chi connectivity index (χ2v) is 6.06. The van der Waals surface area contributed by atoms with Crippen LogP contribution in [0.3, 0.4) is 0 Å². The minimum Gasteiger partial charge on any atom is -1.00 e. The van der Waals surface area contributed by atoms with Crippen molar-refractivity contribution in [3.05, 3.63) is 30.1 Å². The maximum Gasteiger partial charge on any atom is 0.171 e. The molecule has 0 radical (unpaired) electrons. The highest BCUT2D eigenvalue weighted by Gasteiger charge is 2.01. The minimum atomic E-state index is 0. The van der Waals surface area contributed by atoms with Gasteiger partial charge < -0.3 is 17.5 Å². The van der Waals surface area contributed by atoms with E-state index in [9.17, 15) is 0 Å². The van der Waals surface area contributed by atoms with Crippen molar-refractivity contribution in [2.24, 2.45) is 0 Å². The van der Waals surface area contributed by atoms with Gasteiger partial charge in [0.1, 0.15) is 6.54 Å². The SMILES string of the molecule is CCc1ccc[n+](CCCCCCCCCCCCO)c1.[Cl-]. The Morgan fingerprint density at radius 2 is 1.41 bits per heavy atom. The lowest BCUT2D eigenvalue weighted by molar-refractivity contribution is -0.697. The Balaban J connectivity index is 0.00000441. The van der Waals surface area contributed by atoms with Crippen LogP contribution in [0.25, 0.3) is 0 Å². The van der Waals surface area contributed by atoms with E-state index in [1.165, 1.54) is 63.4 Å². The second kappa shape index (κ2) is 15.3. The first-order chi connectivity index (χ1) is 10.4. The zero-order valence-electron chi connectivity index (χ0n) is 14.3. The first-order valence-corrected chi connectivity index (χ1v) is 8.95. The normalized spacial score (nSPS) is 10.5. The van der Waals surface area contributed by atoms with Gasteiger partial charge in [0.15, 0.2) is 12.4 Å². The highest BCUT2D eigenvalue weighted by molar-refractivity contribution is 5.04. The molecule has 1 aromatic heterocycles. The van der Waals surface area contributed by atoms with E-state index in [1.807, 2.05) is 0 Å². The van der Waals surface area contributed by atoms with Gasteiger partial charge in [-0.2, -0.15) is 0 Å². The van der Waals surface area contributed by atoms with Crippen LogP contribution in [0.4, 0.5) is 0 Å². The van der Waals surface area contributed by atoms with E-state index in [0.29, 0.717) is 6.61 Å². The van der Waals surface area contributed by atoms with Crippen molar-refractivity contribution in [2.45, 2.75) is 84.1 Å². The van der Waals surface area contributed by atoms with Gasteiger partial charge in [-0.05, 0) is 25.3 Å². The van der Waals surface area contributed by atoms with Crippen molar-refractivity contribution < 1.29 is 22.1 Å². The van der Waals surface area contributed by atoms with Crippen LogP contribution < -0.4 is 17.0 Å². The molecule has 0 atom stereocenters.